The van der Waals surface area contributed by atoms with Crippen molar-refractivity contribution in [1.82, 2.24) is 4.98 Å². The second-order valence-corrected chi connectivity index (χ2v) is 6.38. The summed E-state index contributed by atoms with van der Waals surface area (Å²) in [7, 11) is 0. The Labute approximate surface area is 139 Å². The molecule has 2 aromatic carbocycles. The van der Waals surface area contributed by atoms with Gasteiger partial charge in [0.25, 0.3) is 5.91 Å². The van der Waals surface area contributed by atoms with E-state index in [0.717, 1.165) is 4.70 Å². The number of rotatable bonds is 2. The van der Waals surface area contributed by atoms with E-state index >= 15 is 0 Å². The highest BCUT2D eigenvalue weighted by atomic mass is 35.5. The van der Waals surface area contributed by atoms with Crippen LogP contribution in [0.3, 0.4) is 0 Å². The lowest BCUT2D eigenvalue weighted by Gasteiger charge is -2.02. The molecule has 3 nitrogen and oxygen atoms in total. The van der Waals surface area contributed by atoms with Crippen molar-refractivity contribution < 1.29 is 4.79 Å². The summed E-state index contributed by atoms with van der Waals surface area (Å²) in [6.07, 6.45) is 0. The number of carbonyl (C=O) groups excluding carboxylic acids is 1. The number of hydrogen-bond acceptors (Lipinski definition) is 3. The number of fused-ring (bicyclic) bond motifs is 1. The van der Waals surface area contributed by atoms with Crippen LogP contribution in [0.2, 0.25) is 15.1 Å². The number of thiazole rings is 1. The number of amides is 1. The zero-order valence-corrected chi connectivity index (χ0v) is 13.4. The molecular formula is C14H7Cl3N2OS. The first-order valence-electron chi connectivity index (χ1n) is 5.86. The summed E-state index contributed by atoms with van der Waals surface area (Å²) < 4.78 is 0.735. The van der Waals surface area contributed by atoms with Crippen LogP contribution in [0.4, 0.5) is 5.13 Å². The van der Waals surface area contributed by atoms with E-state index in [1.54, 1.807) is 36.4 Å². The molecule has 0 atom stereocenters. The van der Waals surface area contributed by atoms with E-state index < -0.39 is 0 Å². The van der Waals surface area contributed by atoms with Crippen molar-refractivity contribution in [2.24, 2.45) is 0 Å². The van der Waals surface area contributed by atoms with Crippen molar-refractivity contribution in [2.45, 2.75) is 0 Å². The highest BCUT2D eigenvalue weighted by Gasteiger charge is 2.15. The predicted molar refractivity (Wildman–Crippen MR) is 89.0 cm³/mol. The Morgan fingerprint density at radius 1 is 1.00 bits per heavy atom. The maximum atomic E-state index is 12.2. The van der Waals surface area contributed by atoms with Crippen molar-refractivity contribution in [3.63, 3.8) is 0 Å². The summed E-state index contributed by atoms with van der Waals surface area (Å²) in [6.45, 7) is 0. The third-order valence-electron chi connectivity index (χ3n) is 2.79. The summed E-state index contributed by atoms with van der Waals surface area (Å²) >= 11 is 19.4. The van der Waals surface area contributed by atoms with Crippen LogP contribution >= 0.6 is 46.1 Å². The van der Waals surface area contributed by atoms with Crippen molar-refractivity contribution in [3.05, 3.63) is 57.0 Å². The molecule has 1 amide bonds. The minimum absolute atomic E-state index is 0.327. The number of aromatic nitrogens is 1. The first kappa shape index (κ1) is 14.6. The third kappa shape index (κ3) is 2.85. The van der Waals surface area contributed by atoms with Crippen LogP contribution in [0.25, 0.3) is 10.2 Å². The summed E-state index contributed by atoms with van der Waals surface area (Å²) in [5.74, 6) is -0.327. The average molecular weight is 358 g/mol. The quantitative estimate of drug-likeness (QED) is 0.657. The standard InChI is InChI=1S/C14H7Cl3N2OS/c15-8-4-2-1-3-7(8)13(20)19-14-18-11-9(16)5-6-10(17)12(11)21-14/h1-6H,(H,18,19,20). The number of nitrogens with one attached hydrogen (secondary N) is 1. The van der Waals surface area contributed by atoms with E-state index in [0.29, 0.717) is 31.3 Å². The van der Waals surface area contributed by atoms with Crippen LogP contribution in [0, 0.1) is 0 Å². The summed E-state index contributed by atoms with van der Waals surface area (Å²) in [6, 6.07) is 10.2. The molecule has 0 fully saturated rings. The fourth-order valence-corrected chi connectivity index (χ4v) is 3.45. The van der Waals surface area contributed by atoms with Gasteiger partial charge >= 0.3 is 0 Å². The minimum atomic E-state index is -0.327. The van der Waals surface area contributed by atoms with Gasteiger partial charge in [0.05, 0.1) is 25.3 Å². The number of anilines is 1. The van der Waals surface area contributed by atoms with Crippen molar-refractivity contribution in [3.8, 4) is 0 Å². The number of benzene rings is 2. The van der Waals surface area contributed by atoms with E-state index in [4.69, 9.17) is 34.8 Å². The van der Waals surface area contributed by atoms with Crippen LogP contribution in [-0.4, -0.2) is 10.9 Å². The average Bonchev–Trinajstić information content (AvgIpc) is 2.88. The number of nitrogens with zero attached hydrogens (tertiary/aromatic N) is 1. The van der Waals surface area contributed by atoms with E-state index in [1.807, 2.05) is 0 Å². The molecular weight excluding hydrogens is 351 g/mol. The van der Waals surface area contributed by atoms with Gasteiger partial charge in [-0.15, -0.1) is 0 Å². The predicted octanol–water partition coefficient (Wildman–Crippen LogP) is 5.51. The van der Waals surface area contributed by atoms with Crippen molar-refractivity contribution in [1.29, 1.82) is 0 Å². The van der Waals surface area contributed by atoms with Crippen molar-refractivity contribution in [2.75, 3.05) is 5.32 Å². The van der Waals surface area contributed by atoms with Gasteiger partial charge in [0, 0.05) is 0 Å². The van der Waals surface area contributed by atoms with Crippen LogP contribution in [0.15, 0.2) is 36.4 Å². The van der Waals surface area contributed by atoms with Crippen LogP contribution in [0.5, 0.6) is 0 Å². The highest BCUT2D eigenvalue weighted by molar-refractivity contribution is 7.23. The Morgan fingerprint density at radius 2 is 1.71 bits per heavy atom. The molecule has 0 aliphatic rings. The number of carbonyl (C=O) groups is 1. The second-order valence-electron chi connectivity index (χ2n) is 4.16. The molecule has 3 rings (SSSR count). The maximum absolute atomic E-state index is 12.2. The molecule has 1 heterocycles. The zero-order valence-electron chi connectivity index (χ0n) is 10.4. The van der Waals surface area contributed by atoms with Gasteiger partial charge in [-0.3, -0.25) is 10.1 Å². The summed E-state index contributed by atoms with van der Waals surface area (Å²) in [5.41, 5.74) is 0.958. The molecule has 3 aromatic rings. The molecule has 106 valence electrons. The Balaban J connectivity index is 1.96. The summed E-state index contributed by atoms with van der Waals surface area (Å²) in [5, 5.41) is 4.55. The van der Waals surface area contributed by atoms with Gasteiger partial charge in [-0.25, -0.2) is 4.98 Å². The molecule has 1 N–H and O–H groups in total. The van der Waals surface area contributed by atoms with Gasteiger partial charge in [-0.2, -0.15) is 0 Å². The van der Waals surface area contributed by atoms with E-state index in [1.165, 1.54) is 11.3 Å². The molecule has 0 spiro atoms. The van der Waals surface area contributed by atoms with Gasteiger partial charge in [0.1, 0.15) is 5.52 Å². The van der Waals surface area contributed by atoms with Crippen LogP contribution < -0.4 is 5.32 Å². The maximum Gasteiger partial charge on any atom is 0.258 e. The molecule has 21 heavy (non-hydrogen) atoms. The van der Waals surface area contributed by atoms with Crippen molar-refractivity contribution >= 4 is 67.4 Å². The summed E-state index contributed by atoms with van der Waals surface area (Å²) in [4.78, 5) is 16.5. The molecule has 0 saturated heterocycles. The second kappa shape index (κ2) is 5.81. The molecule has 0 bridgehead atoms. The third-order valence-corrected chi connectivity index (χ3v) is 4.85. The molecule has 1 aromatic heterocycles. The zero-order chi connectivity index (χ0) is 15.0. The lowest BCUT2D eigenvalue weighted by atomic mass is 10.2. The molecule has 0 saturated carbocycles. The minimum Gasteiger partial charge on any atom is -0.298 e. The normalized spacial score (nSPS) is 10.8. The fourth-order valence-electron chi connectivity index (χ4n) is 1.81. The molecule has 0 radical (unpaired) electrons. The molecule has 0 unspecified atom stereocenters. The lowest BCUT2D eigenvalue weighted by Crippen LogP contribution is -2.11. The topological polar surface area (TPSA) is 42.0 Å². The lowest BCUT2D eigenvalue weighted by molar-refractivity contribution is 0.102. The van der Waals surface area contributed by atoms with Gasteiger partial charge in [0.2, 0.25) is 0 Å². The number of halogens is 3. The van der Waals surface area contributed by atoms with Gasteiger partial charge < -0.3 is 0 Å². The van der Waals surface area contributed by atoms with E-state index in [9.17, 15) is 4.79 Å². The highest BCUT2D eigenvalue weighted by Crippen LogP contribution is 2.36. The van der Waals surface area contributed by atoms with Crippen LogP contribution in [0.1, 0.15) is 10.4 Å². The Kier molecular flexibility index (Phi) is 4.04. The Morgan fingerprint density at radius 3 is 2.43 bits per heavy atom. The van der Waals surface area contributed by atoms with E-state index in [-0.39, 0.29) is 5.91 Å². The Bertz CT molecular complexity index is 808. The van der Waals surface area contributed by atoms with Gasteiger partial charge in [0.15, 0.2) is 5.13 Å². The largest absolute Gasteiger partial charge is 0.298 e. The SMILES string of the molecule is O=C(Nc1nc2c(Cl)ccc(Cl)c2s1)c1ccccc1Cl. The number of hydrogen-bond donors (Lipinski definition) is 1. The fraction of sp³-hybridized carbons (Fsp3) is 0. The first-order valence-corrected chi connectivity index (χ1v) is 7.81. The van der Waals surface area contributed by atoms with Crippen LogP contribution in [-0.2, 0) is 0 Å². The van der Waals surface area contributed by atoms with Gasteiger partial charge in [-0.1, -0.05) is 58.3 Å². The van der Waals surface area contributed by atoms with Gasteiger partial charge in [-0.05, 0) is 24.3 Å². The van der Waals surface area contributed by atoms with E-state index in [2.05, 4.69) is 10.3 Å². The molecule has 0 aliphatic heterocycles. The molecule has 0 aliphatic carbocycles. The monoisotopic (exact) mass is 356 g/mol. The molecule has 7 heteroatoms. The smallest absolute Gasteiger partial charge is 0.258 e. The first-order chi connectivity index (χ1) is 10.1. The Hall–Kier alpha value is -1.33.